The molecule has 1 aliphatic rings. The van der Waals surface area contributed by atoms with E-state index in [2.05, 4.69) is 20.8 Å². The van der Waals surface area contributed by atoms with Gasteiger partial charge in [-0.15, -0.1) is 0 Å². The average Bonchev–Trinajstić information content (AvgIpc) is 1.99. The molecule has 2 nitrogen and oxygen atoms in total. The van der Waals surface area contributed by atoms with E-state index in [-0.39, 0.29) is 18.0 Å². The van der Waals surface area contributed by atoms with Gasteiger partial charge >= 0.3 is 5.97 Å². The molecule has 12 heavy (non-hydrogen) atoms. The third-order valence-electron chi connectivity index (χ3n) is 2.84. The summed E-state index contributed by atoms with van der Waals surface area (Å²) in [7, 11) is 0. The van der Waals surface area contributed by atoms with Crippen LogP contribution in [0.2, 0.25) is 0 Å². The fourth-order valence-corrected chi connectivity index (χ4v) is 1.52. The van der Waals surface area contributed by atoms with Crippen molar-refractivity contribution in [1.82, 2.24) is 0 Å². The van der Waals surface area contributed by atoms with Gasteiger partial charge in [0.2, 0.25) is 0 Å². The predicted octanol–water partition coefficient (Wildman–Crippen LogP) is 2.23. The summed E-state index contributed by atoms with van der Waals surface area (Å²) in [5, 5.41) is 0. The lowest BCUT2D eigenvalue weighted by Gasteiger charge is -2.33. The molecule has 0 unspecified atom stereocenters. The predicted molar refractivity (Wildman–Crippen MR) is 47.7 cm³/mol. The van der Waals surface area contributed by atoms with Gasteiger partial charge in [-0.3, -0.25) is 4.79 Å². The summed E-state index contributed by atoms with van der Waals surface area (Å²) in [6.07, 6.45) is 1.16. The molecule has 0 spiro atoms. The number of carbonyl (C=O) groups is 1. The Kier molecular flexibility index (Phi) is 2.76. The zero-order valence-corrected chi connectivity index (χ0v) is 8.33. The molecule has 1 heterocycles. The third-order valence-corrected chi connectivity index (χ3v) is 2.84. The highest BCUT2D eigenvalue weighted by Gasteiger charge is 2.33. The van der Waals surface area contributed by atoms with E-state index in [4.69, 9.17) is 4.74 Å². The first kappa shape index (κ1) is 9.56. The van der Waals surface area contributed by atoms with E-state index < -0.39 is 0 Å². The molecule has 0 aromatic carbocycles. The van der Waals surface area contributed by atoms with Gasteiger partial charge in [-0.05, 0) is 18.3 Å². The summed E-state index contributed by atoms with van der Waals surface area (Å²) >= 11 is 0. The molecule has 70 valence electrons. The van der Waals surface area contributed by atoms with Gasteiger partial charge in [0.15, 0.2) is 0 Å². The highest BCUT2D eigenvalue weighted by atomic mass is 16.5. The van der Waals surface area contributed by atoms with E-state index in [0.29, 0.717) is 11.8 Å². The molecule has 1 aliphatic heterocycles. The fourth-order valence-electron chi connectivity index (χ4n) is 1.52. The number of esters is 1. The van der Waals surface area contributed by atoms with Gasteiger partial charge in [0.1, 0.15) is 6.10 Å². The Bertz CT molecular complexity index is 175. The second-order valence-corrected chi connectivity index (χ2v) is 4.22. The Morgan fingerprint density at radius 1 is 1.42 bits per heavy atom. The Balaban J connectivity index is 2.59. The van der Waals surface area contributed by atoms with Crippen LogP contribution < -0.4 is 0 Å². The van der Waals surface area contributed by atoms with Crippen LogP contribution in [0.25, 0.3) is 0 Å². The summed E-state index contributed by atoms with van der Waals surface area (Å²) < 4.78 is 5.29. The maximum Gasteiger partial charge on any atom is 0.309 e. The highest BCUT2D eigenvalue weighted by molar-refractivity contribution is 5.73. The van der Waals surface area contributed by atoms with Crippen LogP contribution in [0.4, 0.5) is 0 Å². The normalized spacial score (nSPS) is 36.8. The molecule has 0 aromatic rings. The minimum Gasteiger partial charge on any atom is -0.462 e. The minimum atomic E-state index is -0.0209. The van der Waals surface area contributed by atoms with E-state index in [9.17, 15) is 4.79 Å². The van der Waals surface area contributed by atoms with E-state index in [1.165, 1.54) is 0 Å². The zero-order chi connectivity index (χ0) is 9.30. The first-order chi connectivity index (χ1) is 5.52. The number of cyclic esters (lactones) is 1. The first-order valence-electron chi connectivity index (χ1n) is 4.73. The van der Waals surface area contributed by atoms with Crippen LogP contribution in [-0.4, -0.2) is 12.1 Å². The van der Waals surface area contributed by atoms with Gasteiger partial charge in [0, 0.05) is 0 Å². The molecule has 0 aliphatic carbocycles. The average molecular weight is 170 g/mol. The Hall–Kier alpha value is -0.530. The molecule has 0 bridgehead atoms. The van der Waals surface area contributed by atoms with Crippen LogP contribution in [0.15, 0.2) is 0 Å². The van der Waals surface area contributed by atoms with E-state index in [1.54, 1.807) is 0 Å². The van der Waals surface area contributed by atoms with Crippen LogP contribution in [-0.2, 0) is 9.53 Å². The van der Waals surface area contributed by atoms with Crippen molar-refractivity contribution in [2.45, 2.75) is 40.2 Å². The summed E-state index contributed by atoms with van der Waals surface area (Å²) in [5.41, 5.74) is 0. The molecule has 0 N–H and O–H groups in total. The molecule has 0 amide bonds. The van der Waals surface area contributed by atoms with Crippen molar-refractivity contribution in [1.29, 1.82) is 0 Å². The van der Waals surface area contributed by atoms with Crippen LogP contribution in [0.1, 0.15) is 34.1 Å². The standard InChI is InChI=1S/C10H18O2/c1-6(2)9-5-7(3)8(4)10(11)12-9/h6-9H,5H2,1-4H3/t7-,8+,9-/m0/s1. The Morgan fingerprint density at radius 2 is 2.00 bits per heavy atom. The van der Waals surface area contributed by atoms with Crippen molar-refractivity contribution in [2.75, 3.05) is 0 Å². The van der Waals surface area contributed by atoms with Gasteiger partial charge < -0.3 is 4.74 Å². The third kappa shape index (κ3) is 1.79. The van der Waals surface area contributed by atoms with Crippen LogP contribution in [0, 0.1) is 17.8 Å². The van der Waals surface area contributed by atoms with Crippen molar-refractivity contribution in [3.8, 4) is 0 Å². The van der Waals surface area contributed by atoms with Gasteiger partial charge in [0.25, 0.3) is 0 Å². The number of rotatable bonds is 1. The number of ether oxygens (including phenoxy) is 1. The lowest BCUT2D eigenvalue weighted by molar-refractivity contribution is -0.166. The van der Waals surface area contributed by atoms with Gasteiger partial charge in [0.05, 0.1) is 5.92 Å². The van der Waals surface area contributed by atoms with E-state index in [1.807, 2.05) is 6.92 Å². The van der Waals surface area contributed by atoms with Crippen molar-refractivity contribution in [3.05, 3.63) is 0 Å². The summed E-state index contributed by atoms with van der Waals surface area (Å²) in [6, 6.07) is 0. The minimum absolute atomic E-state index is 0.0209. The molecule has 3 atom stereocenters. The topological polar surface area (TPSA) is 26.3 Å². The summed E-state index contributed by atoms with van der Waals surface area (Å²) in [6.45, 7) is 8.27. The lowest BCUT2D eigenvalue weighted by Crippen LogP contribution is -2.37. The van der Waals surface area contributed by atoms with E-state index >= 15 is 0 Å². The molecule has 1 fully saturated rings. The molecular weight excluding hydrogens is 152 g/mol. The molecule has 1 rings (SSSR count). The van der Waals surface area contributed by atoms with Crippen molar-refractivity contribution in [2.24, 2.45) is 17.8 Å². The zero-order valence-electron chi connectivity index (χ0n) is 8.33. The molecule has 0 radical (unpaired) electrons. The summed E-state index contributed by atoms with van der Waals surface area (Å²) in [5.74, 6) is 0.981. The fraction of sp³-hybridized carbons (Fsp3) is 0.900. The van der Waals surface area contributed by atoms with Crippen LogP contribution >= 0.6 is 0 Å². The molecule has 0 saturated carbocycles. The number of hydrogen-bond acceptors (Lipinski definition) is 2. The quantitative estimate of drug-likeness (QED) is 0.564. The van der Waals surface area contributed by atoms with Crippen molar-refractivity contribution >= 4 is 5.97 Å². The van der Waals surface area contributed by atoms with Crippen LogP contribution in [0.5, 0.6) is 0 Å². The largest absolute Gasteiger partial charge is 0.462 e. The second-order valence-electron chi connectivity index (χ2n) is 4.22. The van der Waals surface area contributed by atoms with Crippen molar-refractivity contribution < 1.29 is 9.53 Å². The molecule has 0 aromatic heterocycles. The smallest absolute Gasteiger partial charge is 0.309 e. The number of hydrogen-bond donors (Lipinski definition) is 0. The second kappa shape index (κ2) is 3.46. The van der Waals surface area contributed by atoms with Gasteiger partial charge in [-0.25, -0.2) is 0 Å². The SMILES string of the molecule is CC(C)[C@@H]1C[C@H](C)[C@@H](C)C(=O)O1. The summed E-state index contributed by atoms with van der Waals surface area (Å²) in [4.78, 5) is 11.3. The molecular formula is C10H18O2. The van der Waals surface area contributed by atoms with Gasteiger partial charge in [-0.2, -0.15) is 0 Å². The maximum absolute atomic E-state index is 11.3. The van der Waals surface area contributed by atoms with Gasteiger partial charge in [-0.1, -0.05) is 27.7 Å². The Labute approximate surface area is 74.3 Å². The lowest BCUT2D eigenvalue weighted by atomic mass is 9.85. The molecule has 2 heteroatoms. The van der Waals surface area contributed by atoms with Crippen molar-refractivity contribution in [3.63, 3.8) is 0 Å². The van der Waals surface area contributed by atoms with Crippen LogP contribution in [0.3, 0.4) is 0 Å². The van der Waals surface area contributed by atoms with E-state index in [0.717, 1.165) is 6.42 Å². The maximum atomic E-state index is 11.3. The molecule has 1 saturated heterocycles. The Morgan fingerprint density at radius 3 is 2.42 bits per heavy atom. The highest BCUT2D eigenvalue weighted by Crippen LogP contribution is 2.29. The number of carbonyl (C=O) groups excluding carboxylic acids is 1. The first-order valence-corrected chi connectivity index (χ1v) is 4.73. The monoisotopic (exact) mass is 170 g/mol.